The minimum Gasteiger partial charge on any atom is -0.343 e. The van der Waals surface area contributed by atoms with Crippen LogP contribution in [0.3, 0.4) is 0 Å². The number of benzene rings is 4. The van der Waals surface area contributed by atoms with E-state index in [1.807, 2.05) is 35.2 Å². The molecule has 0 saturated carbocycles. The average Bonchev–Trinajstić information content (AvgIpc) is 3.05. The number of para-hydroxylation sites is 1. The van der Waals surface area contributed by atoms with Crippen LogP contribution in [0.15, 0.2) is 91.0 Å². The van der Waals surface area contributed by atoms with Crippen molar-refractivity contribution in [1.82, 2.24) is 10.6 Å². The first-order chi connectivity index (χ1) is 18.0. The molecule has 0 saturated heterocycles. The quantitative estimate of drug-likeness (QED) is 0.382. The number of nitrogens with zero attached hydrogens (tertiary/aromatic N) is 1. The summed E-state index contributed by atoms with van der Waals surface area (Å²) in [4.78, 5) is 28.5. The van der Waals surface area contributed by atoms with Crippen LogP contribution in [0.1, 0.15) is 35.6 Å². The Balaban J connectivity index is 1.53. The standard InChI is InChI=1S/C32H33N3O2/c1-22(33-2)31(36)34-29-17-16-25-12-7-9-15-30(25)35(32(29)37)21-27-20-24(18-23-10-4-3-5-11-23)19-26-13-6-8-14-28(26)27/h3-15,19-20,22,29,33H,16-18,21H2,1-2H3,(H,34,36)/t22-,29-/m0/s1. The molecule has 5 nitrogen and oxygen atoms in total. The van der Waals surface area contributed by atoms with E-state index in [0.717, 1.165) is 40.4 Å². The van der Waals surface area contributed by atoms with E-state index < -0.39 is 6.04 Å². The fraction of sp³-hybridized carbons (Fsp3) is 0.250. The summed E-state index contributed by atoms with van der Waals surface area (Å²) >= 11 is 0. The Kier molecular flexibility index (Phi) is 7.33. The molecule has 4 aromatic carbocycles. The van der Waals surface area contributed by atoms with Gasteiger partial charge in [0.15, 0.2) is 0 Å². The Morgan fingerprint density at radius 2 is 1.68 bits per heavy atom. The van der Waals surface area contributed by atoms with Crippen LogP contribution in [0.2, 0.25) is 0 Å². The second kappa shape index (κ2) is 11.0. The molecule has 2 amide bonds. The number of fused-ring (bicyclic) bond motifs is 2. The van der Waals surface area contributed by atoms with Crippen LogP contribution in [-0.4, -0.2) is 30.9 Å². The molecule has 0 fully saturated rings. The van der Waals surface area contributed by atoms with Crippen molar-refractivity contribution in [3.05, 3.63) is 113 Å². The molecule has 1 aliphatic heterocycles. The van der Waals surface area contributed by atoms with Crippen molar-refractivity contribution in [2.75, 3.05) is 11.9 Å². The lowest BCUT2D eigenvalue weighted by atomic mass is 9.96. The van der Waals surface area contributed by atoms with Crippen molar-refractivity contribution in [1.29, 1.82) is 0 Å². The molecule has 1 aliphatic rings. The molecule has 37 heavy (non-hydrogen) atoms. The van der Waals surface area contributed by atoms with Crippen LogP contribution in [0, 0.1) is 0 Å². The molecule has 0 bridgehead atoms. The number of carbonyl (C=O) groups is 2. The Morgan fingerprint density at radius 1 is 0.946 bits per heavy atom. The van der Waals surface area contributed by atoms with Gasteiger partial charge in [0.25, 0.3) is 0 Å². The van der Waals surface area contributed by atoms with Crippen molar-refractivity contribution in [2.45, 2.75) is 44.8 Å². The van der Waals surface area contributed by atoms with Gasteiger partial charge in [0.2, 0.25) is 11.8 Å². The third-order valence-electron chi connectivity index (χ3n) is 7.28. The average molecular weight is 492 g/mol. The Bertz CT molecular complexity index is 1420. The van der Waals surface area contributed by atoms with E-state index in [-0.39, 0.29) is 17.9 Å². The maximum Gasteiger partial charge on any atom is 0.249 e. The van der Waals surface area contributed by atoms with Crippen molar-refractivity contribution >= 4 is 28.3 Å². The number of carbonyl (C=O) groups excluding carboxylic acids is 2. The normalized spacial score (nSPS) is 16.2. The molecule has 0 aliphatic carbocycles. The van der Waals surface area contributed by atoms with Crippen LogP contribution in [0.25, 0.3) is 10.8 Å². The summed E-state index contributed by atoms with van der Waals surface area (Å²) in [5.74, 6) is -0.235. The van der Waals surface area contributed by atoms with Gasteiger partial charge in [-0.2, -0.15) is 0 Å². The van der Waals surface area contributed by atoms with Gasteiger partial charge in [0.1, 0.15) is 6.04 Å². The lowest BCUT2D eigenvalue weighted by Gasteiger charge is -2.28. The lowest BCUT2D eigenvalue weighted by molar-refractivity contribution is -0.128. The number of rotatable bonds is 7. The third-order valence-corrected chi connectivity index (χ3v) is 7.28. The molecule has 188 valence electrons. The maximum atomic E-state index is 14.0. The maximum absolute atomic E-state index is 14.0. The van der Waals surface area contributed by atoms with E-state index in [2.05, 4.69) is 71.3 Å². The van der Waals surface area contributed by atoms with Gasteiger partial charge in [0, 0.05) is 5.69 Å². The van der Waals surface area contributed by atoms with Gasteiger partial charge in [-0.15, -0.1) is 0 Å². The molecule has 2 N–H and O–H groups in total. The van der Waals surface area contributed by atoms with Crippen LogP contribution < -0.4 is 15.5 Å². The number of hydrogen-bond acceptors (Lipinski definition) is 3. The van der Waals surface area contributed by atoms with E-state index in [1.54, 1.807) is 14.0 Å². The summed E-state index contributed by atoms with van der Waals surface area (Å²) in [5, 5.41) is 8.26. The summed E-state index contributed by atoms with van der Waals surface area (Å²) < 4.78 is 0. The summed E-state index contributed by atoms with van der Waals surface area (Å²) in [6.45, 7) is 2.24. The molecule has 0 radical (unpaired) electrons. The number of nitrogens with one attached hydrogen (secondary N) is 2. The van der Waals surface area contributed by atoms with E-state index in [4.69, 9.17) is 0 Å². The first kappa shape index (κ1) is 24.7. The van der Waals surface area contributed by atoms with Crippen molar-refractivity contribution in [2.24, 2.45) is 0 Å². The first-order valence-electron chi connectivity index (χ1n) is 12.9. The minimum absolute atomic E-state index is 0.0702. The molecule has 2 atom stereocenters. The highest BCUT2D eigenvalue weighted by molar-refractivity contribution is 6.01. The van der Waals surface area contributed by atoms with Gasteiger partial charge in [0.05, 0.1) is 12.6 Å². The highest BCUT2D eigenvalue weighted by atomic mass is 16.2. The second-order valence-corrected chi connectivity index (χ2v) is 9.80. The number of hydrogen-bond donors (Lipinski definition) is 2. The Hall–Kier alpha value is -3.96. The molecule has 0 spiro atoms. The zero-order chi connectivity index (χ0) is 25.8. The van der Waals surface area contributed by atoms with Crippen molar-refractivity contribution in [3.8, 4) is 0 Å². The van der Waals surface area contributed by atoms with Crippen LogP contribution in [-0.2, 0) is 29.0 Å². The number of aryl methyl sites for hydroxylation is 1. The lowest BCUT2D eigenvalue weighted by Crippen LogP contribution is -2.52. The molecule has 4 aromatic rings. The fourth-order valence-corrected chi connectivity index (χ4v) is 5.13. The van der Waals surface area contributed by atoms with Crippen LogP contribution in [0.4, 0.5) is 5.69 Å². The van der Waals surface area contributed by atoms with Gasteiger partial charge in [-0.3, -0.25) is 9.59 Å². The zero-order valence-corrected chi connectivity index (χ0v) is 21.4. The Labute approximate surface area is 218 Å². The predicted octanol–water partition coefficient (Wildman–Crippen LogP) is 5.00. The smallest absolute Gasteiger partial charge is 0.249 e. The van der Waals surface area contributed by atoms with Crippen molar-refractivity contribution in [3.63, 3.8) is 0 Å². The van der Waals surface area contributed by atoms with Gasteiger partial charge < -0.3 is 15.5 Å². The third kappa shape index (κ3) is 5.42. The predicted molar refractivity (Wildman–Crippen MR) is 150 cm³/mol. The number of anilines is 1. The number of amides is 2. The largest absolute Gasteiger partial charge is 0.343 e. The van der Waals surface area contributed by atoms with Crippen LogP contribution >= 0.6 is 0 Å². The first-order valence-corrected chi connectivity index (χ1v) is 12.9. The van der Waals surface area contributed by atoms with Gasteiger partial charge in [-0.05, 0) is 72.3 Å². The minimum atomic E-state index is -0.575. The summed E-state index contributed by atoms with van der Waals surface area (Å²) in [7, 11) is 1.74. The second-order valence-electron chi connectivity index (χ2n) is 9.80. The van der Waals surface area contributed by atoms with E-state index in [0.29, 0.717) is 13.0 Å². The highest BCUT2D eigenvalue weighted by Crippen LogP contribution is 2.31. The molecular formula is C32H33N3O2. The van der Waals surface area contributed by atoms with Crippen molar-refractivity contribution < 1.29 is 9.59 Å². The van der Waals surface area contributed by atoms with Gasteiger partial charge >= 0.3 is 0 Å². The fourth-order valence-electron chi connectivity index (χ4n) is 5.13. The zero-order valence-electron chi connectivity index (χ0n) is 21.4. The molecule has 1 heterocycles. The molecule has 0 unspecified atom stereocenters. The molecular weight excluding hydrogens is 458 g/mol. The number of likely N-dealkylation sites (N-methyl/N-ethyl adjacent to an activating group) is 1. The van der Waals surface area contributed by atoms with Gasteiger partial charge in [-0.25, -0.2) is 0 Å². The molecule has 5 heteroatoms. The highest BCUT2D eigenvalue weighted by Gasteiger charge is 2.32. The van der Waals surface area contributed by atoms with Crippen LogP contribution in [0.5, 0.6) is 0 Å². The topological polar surface area (TPSA) is 61.4 Å². The van der Waals surface area contributed by atoms with E-state index in [1.165, 1.54) is 11.1 Å². The van der Waals surface area contributed by atoms with Gasteiger partial charge in [-0.1, -0.05) is 84.9 Å². The molecule has 0 aromatic heterocycles. The summed E-state index contributed by atoms with van der Waals surface area (Å²) in [5.41, 5.74) is 5.61. The summed E-state index contributed by atoms with van der Waals surface area (Å²) in [6, 6.07) is 30.4. The Morgan fingerprint density at radius 3 is 2.49 bits per heavy atom. The van der Waals surface area contributed by atoms with E-state index >= 15 is 0 Å². The van der Waals surface area contributed by atoms with E-state index in [9.17, 15) is 9.59 Å². The summed E-state index contributed by atoms with van der Waals surface area (Å²) in [6.07, 6.45) is 2.12. The monoisotopic (exact) mass is 491 g/mol. The molecule has 5 rings (SSSR count). The SMILES string of the molecule is CN[C@@H](C)C(=O)N[C@H]1CCc2ccccc2N(Cc2cc(Cc3ccccc3)cc3ccccc23)C1=O.